The summed E-state index contributed by atoms with van der Waals surface area (Å²) in [6, 6.07) is 14.3. The van der Waals surface area contributed by atoms with Crippen molar-refractivity contribution in [1.29, 1.82) is 0 Å². The smallest absolute Gasteiger partial charge is 0.420 e. The van der Waals surface area contributed by atoms with Crippen LogP contribution < -0.4 is 15.8 Å². The van der Waals surface area contributed by atoms with Crippen LogP contribution in [0.4, 0.5) is 6.01 Å². The van der Waals surface area contributed by atoms with Gasteiger partial charge < -0.3 is 13.6 Å². The number of rotatable bonds is 6. The highest BCUT2D eigenvalue weighted by Gasteiger charge is 2.15. The molecule has 0 saturated heterocycles. The number of nitrogens with zero attached hydrogens (tertiary/aromatic N) is 3. The maximum absolute atomic E-state index is 12.3. The molecular weight excluding hydrogens is 364 g/mol. The molecule has 28 heavy (non-hydrogen) atoms. The van der Waals surface area contributed by atoms with Crippen LogP contribution in [0, 0.1) is 0 Å². The summed E-state index contributed by atoms with van der Waals surface area (Å²) in [7, 11) is 1.60. The summed E-state index contributed by atoms with van der Waals surface area (Å²) in [5.41, 5.74) is 1.91. The summed E-state index contributed by atoms with van der Waals surface area (Å²) in [4.78, 5) is 24.2. The fourth-order valence-corrected chi connectivity index (χ4v) is 2.76. The minimum absolute atomic E-state index is 0.0330. The maximum atomic E-state index is 12.3. The number of aromatic nitrogens is 3. The Morgan fingerprint density at radius 1 is 1.11 bits per heavy atom. The van der Waals surface area contributed by atoms with Gasteiger partial charge in [0, 0.05) is 0 Å². The average molecular weight is 380 g/mol. The molecule has 142 valence electrons. The standard InChI is InChI=1S/C19H16N4O5/c1-26-13-8-6-12(7-9-13)10-17-21-22-18(28-17)20-16(24)11-23-14-4-2-3-5-15(14)27-19(23)25/h2-9H,10-11H2,1H3,(H,20,22,24). The number of benzene rings is 2. The van der Waals surface area contributed by atoms with Crippen LogP contribution in [0.1, 0.15) is 11.5 Å². The first-order valence-corrected chi connectivity index (χ1v) is 8.46. The lowest BCUT2D eigenvalue weighted by Gasteiger charge is -2.02. The van der Waals surface area contributed by atoms with Gasteiger partial charge in [-0.25, -0.2) is 4.79 Å². The van der Waals surface area contributed by atoms with Crippen LogP contribution in [0.15, 0.2) is 62.2 Å². The van der Waals surface area contributed by atoms with Crippen molar-refractivity contribution in [3.8, 4) is 5.75 Å². The molecule has 0 fully saturated rings. The third-order valence-electron chi connectivity index (χ3n) is 4.10. The van der Waals surface area contributed by atoms with E-state index in [-0.39, 0.29) is 12.6 Å². The van der Waals surface area contributed by atoms with E-state index in [2.05, 4.69) is 15.5 Å². The van der Waals surface area contributed by atoms with E-state index in [0.717, 1.165) is 11.3 Å². The minimum atomic E-state index is -0.609. The summed E-state index contributed by atoms with van der Waals surface area (Å²) in [5, 5.41) is 10.2. The lowest BCUT2D eigenvalue weighted by atomic mass is 10.1. The second kappa shape index (κ2) is 7.39. The number of nitrogens with one attached hydrogen (secondary N) is 1. The molecule has 2 heterocycles. The normalized spacial score (nSPS) is 10.9. The number of para-hydroxylation sites is 2. The van der Waals surface area contributed by atoms with Gasteiger partial charge in [0.05, 0.1) is 19.0 Å². The fraction of sp³-hybridized carbons (Fsp3) is 0.158. The van der Waals surface area contributed by atoms with Gasteiger partial charge in [0.1, 0.15) is 12.3 Å². The number of carbonyl (C=O) groups excluding carboxylic acids is 1. The molecular formula is C19H16N4O5. The molecule has 1 N–H and O–H groups in total. The van der Waals surface area contributed by atoms with Crippen molar-refractivity contribution in [2.24, 2.45) is 0 Å². The molecule has 9 nitrogen and oxygen atoms in total. The molecule has 2 aromatic carbocycles. The Hall–Kier alpha value is -3.88. The monoisotopic (exact) mass is 380 g/mol. The topological polar surface area (TPSA) is 112 Å². The summed E-state index contributed by atoms with van der Waals surface area (Å²) >= 11 is 0. The van der Waals surface area contributed by atoms with Gasteiger partial charge in [0.2, 0.25) is 11.8 Å². The van der Waals surface area contributed by atoms with Crippen LogP contribution in [0.5, 0.6) is 5.75 Å². The quantitative estimate of drug-likeness (QED) is 0.546. The SMILES string of the molecule is COc1ccc(Cc2nnc(NC(=O)Cn3c(=O)oc4ccccc43)o2)cc1. The van der Waals surface area contributed by atoms with E-state index in [1.807, 2.05) is 24.3 Å². The predicted molar refractivity (Wildman–Crippen MR) is 99.2 cm³/mol. The van der Waals surface area contributed by atoms with Crippen molar-refractivity contribution in [1.82, 2.24) is 14.8 Å². The molecule has 9 heteroatoms. The van der Waals surface area contributed by atoms with Gasteiger partial charge in [0.15, 0.2) is 5.58 Å². The highest BCUT2D eigenvalue weighted by molar-refractivity contribution is 5.89. The summed E-state index contributed by atoms with van der Waals surface area (Å²) in [6.45, 7) is -0.230. The largest absolute Gasteiger partial charge is 0.497 e. The first kappa shape index (κ1) is 17.5. The summed E-state index contributed by atoms with van der Waals surface area (Å²) in [6.07, 6.45) is 0.415. The Kier molecular flexibility index (Phi) is 4.63. The fourth-order valence-electron chi connectivity index (χ4n) is 2.76. The lowest BCUT2D eigenvalue weighted by molar-refractivity contribution is -0.116. The van der Waals surface area contributed by atoms with Gasteiger partial charge in [-0.05, 0) is 29.8 Å². The minimum Gasteiger partial charge on any atom is -0.497 e. The Balaban J connectivity index is 1.42. The molecule has 0 atom stereocenters. The Morgan fingerprint density at radius 2 is 1.89 bits per heavy atom. The van der Waals surface area contributed by atoms with Crippen molar-refractivity contribution >= 4 is 23.0 Å². The van der Waals surface area contributed by atoms with Gasteiger partial charge in [0.25, 0.3) is 0 Å². The second-order valence-electron chi connectivity index (χ2n) is 6.00. The molecule has 0 aliphatic carbocycles. The zero-order valence-electron chi connectivity index (χ0n) is 14.9. The molecule has 0 radical (unpaired) electrons. The lowest BCUT2D eigenvalue weighted by Crippen LogP contribution is -2.24. The number of amides is 1. The van der Waals surface area contributed by atoms with Crippen LogP contribution in [-0.2, 0) is 17.8 Å². The second-order valence-corrected chi connectivity index (χ2v) is 6.00. The molecule has 4 rings (SSSR count). The van der Waals surface area contributed by atoms with Gasteiger partial charge in [-0.15, -0.1) is 5.10 Å². The molecule has 0 spiro atoms. The van der Waals surface area contributed by atoms with Crippen LogP contribution in [0.3, 0.4) is 0 Å². The van der Waals surface area contributed by atoms with Crippen LogP contribution >= 0.6 is 0 Å². The Bertz CT molecular complexity index is 1170. The van der Waals surface area contributed by atoms with Crippen LogP contribution in [0.25, 0.3) is 11.1 Å². The molecule has 0 aliphatic heterocycles. The zero-order valence-corrected chi connectivity index (χ0v) is 14.9. The highest BCUT2D eigenvalue weighted by Crippen LogP contribution is 2.16. The van der Waals surface area contributed by atoms with Crippen LogP contribution in [0.2, 0.25) is 0 Å². The van der Waals surface area contributed by atoms with E-state index in [0.29, 0.717) is 23.4 Å². The van der Waals surface area contributed by atoms with E-state index in [4.69, 9.17) is 13.6 Å². The van der Waals surface area contributed by atoms with E-state index >= 15 is 0 Å². The first-order valence-electron chi connectivity index (χ1n) is 8.46. The van der Waals surface area contributed by atoms with Gasteiger partial charge in [-0.3, -0.25) is 14.7 Å². The Labute approximate surface area is 158 Å². The maximum Gasteiger partial charge on any atom is 0.420 e. The Morgan fingerprint density at radius 3 is 2.68 bits per heavy atom. The number of methoxy groups -OCH3 is 1. The highest BCUT2D eigenvalue weighted by atomic mass is 16.5. The van der Waals surface area contributed by atoms with Gasteiger partial charge >= 0.3 is 11.8 Å². The number of fused-ring (bicyclic) bond motifs is 1. The van der Waals surface area contributed by atoms with E-state index < -0.39 is 11.7 Å². The van der Waals surface area contributed by atoms with Crippen molar-refractivity contribution < 1.29 is 18.4 Å². The van der Waals surface area contributed by atoms with Gasteiger partial charge in [-0.2, -0.15) is 0 Å². The summed E-state index contributed by atoms with van der Waals surface area (Å²) < 4.78 is 16.9. The summed E-state index contributed by atoms with van der Waals surface area (Å²) in [5.74, 6) is 0.0195. The number of carbonyl (C=O) groups is 1. The third-order valence-corrected chi connectivity index (χ3v) is 4.10. The number of anilines is 1. The predicted octanol–water partition coefficient (Wildman–Crippen LogP) is 2.22. The molecule has 0 aliphatic rings. The number of ether oxygens (including phenoxy) is 1. The third kappa shape index (κ3) is 3.63. The molecule has 0 bridgehead atoms. The van der Waals surface area contributed by atoms with Crippen molar-refractivity contribution in [3.63, 3.8) is 0 Å². The van der Waals surface area contributed by atoms with Gasteiger partial charge in [-0.1, -0.05) is 29.4 Å². The number of hydrogen-bond acceptors (Lipinski definition) is 7. The number of hydrogen-bond donors (Lipinski definition) is 1. The number of oxazole rings is 1. The molecule has 4 aromatic rings. The average Bonchev–Trinajstić information content (AvgIpc) is 3.26. The molecule has 2 aromatic heterocycles. The van der Waals surface area contributed by atoms with E-state index in [9.17, 15) is 9.59 Å². The van der Waals surface area contributed by atoms with Crippen molar-refractivity contribution in [2.75, 3.05) is 12.4 Å². The van der Waals surface area contributed by atoms with E-state index in [1.165, 1.54) is 4.57 Å². The van der Waals surface area contributed by atoms with Crippen molar-refractivity contribution in [2.45, 2.75) is 13.0 Å². The molecule has 1 amide bonds. The molecule has 0 saturated carbocycles. The van der Waals surface area contributed by atoms with E-state index in [1.54, 1.807) is 31.4 Å². The van der Waals surface area contributed by atoms with Crippen LogP contribution in [-0.4, -0.2) is 27.8 Å². The zero-order chi connectivity index (χ0) is 19.5. The molecule has 0 unspecified atom stereocenters. The van der Waals surface area contributed by atoms with Crippen molar-refractivity contribution in [3.05, 3.63) is 70.5 Å². The first-order chi connectivity index (χ1) is 13.6.